The van der Waals surface area contributed by atoms with Crippen molar-refractivity contribution in [1.29, 1.82) is 0 Å². The lowest BCUT2D eigenvalue weighted by Gasteiger charge is -2.01. The van der Waals surface area contributed by atoms with Crippen LogP contribution in [0.25, 0.3) is 0 Å². The van der Waals surface area contributed by atoms with Crippen LogP contribution in [0.3, 0.4) is 0 Å². The van der Waals surface area contributed by atoms with Crippen molar-refractivity contribution in [2.75, 3.05) is 5.73 Å². The predicted octanol–water partition coefficient (Wildman–Crippen LogP) is 2.69. The van der Waals surface area contributed by atoms with Gasteiger partial charge in [-0.2, -0.15) is 0 Å². The standard InChI is InChI=1S/C10H9FN2OS/c11-9-5-7(12)1-2-10(9)15-6-8-3-4-13-14-8/h1-5H,6,12H2. The van der Waals surface area contributed by atoms with Crippen LogP contribution in [0.2, 0.25) is 0 Å². The fourth-order valence-electron chi connectivity index (χ4n) is 1.10. The molecule has 0 unspecified atom stereocenters. The van der Waals surface area contributed by atoms with Gasteiger partial charge < -0.3 is 10.3 Å². The first-order valence-corrected chi connectivity index (χ1v) is 5.31. The van der Waals surface area contributed by atoms with Crippen LogP contribution in [0.5, 0.6) is 0 Å². The van der Waals surface area contributed by atoms with E-state index in [4.69, 9.17) is 10.3 Å². The fourth-order valence-corrected chi connectivity index (χ4v) is 1.91. The summed E-state index contributed by atoms with van der Waals surface area (Å²) in [5.41, 5.74) is 5.87. The quantitative estimate of drug-likeness (QED) is 0.643. The molecule has 0 radical (unpaired) electrons. The van der Waals surface area contributed by atoms with Crippen LogP contribution in [0.4, 0.5) is 10.1 Å². The molecule has 1 aromatic carbocycles. The van der Waals surface area contributed by atoms with Gasteiger partial charge in [-0.1, -0.05) is 5.16 Å². The second kappa shape index (κ2) is 4.35. The Morgan fingerprint density at radius 2 is 2.27 bits per heavy atom. The summed E-state index contributed by atoms with van der Waals surface area (Å²) >= 11 is 1.35. The fraction of sp³-hybridized carbons (Fsp3) is 0.100. The van der Waals surface area contributed by atoms with Crippen LogP contribution in [0.15, 0.2) is 39.9 Å². The summed E-state index contributed by atoms with van der Waals surface area (Å²) in [5, 5.41) is 3.57. The van der Waals surface area contributed by atoms with Crippen LogP contribution >= 0.6 is 11.8 Å². The minimum Gasteiger partial charge on any atom is -0.399 e. The lowest BCUT2D eigenvalue weighted by molar-refractivity contribution is 0.395. The molecule has 1 heterocycles. The highest BCUT2D eigenvalue weighted by Gasteiger charge is 2.05. The van der Waals surface area contributed by atoms with Crippen molar-refractivity contribution in [3.63, 3.8) is 0 Å². The van der Waals surface area contributed by atoms with E-state index in [0.29, 0.717) is 16.3 Å². The van der Waals surface area contributed by atoms with Gasteiger partial charge in [-0.25, -0.2) is 4.39 Å². The minimum atomic E-state index is -0.306. The molecule has 5 heteroatoms. The zero-order chi connectivity index (χ0) is 10.7. The summed E-state index contributed by atoms with van der Waals surface area (Å²) < 4.78 is 18.2. The average molecular weight is 224 g/mol. The van der Waals surface area contributed by atoms with Crippen molar-refractivity contribution in [1.82, 2.24) is 5.16 Å². The van der Waals surface area contributed by atoms with Crippen LogP contribution in [-0.4, -0.2) is 5.16 Å². The van der Waals surface area contributed by atoms with Crippen LogP contribution in [-0.2, 0) is 5.75 Å². The van der Waals surface area contributed by atoms with Gasteiger partial charge in [-0.05, 0) is 18.2 Å². The SMILES string of the molecule is Nc1ccc(SCc2ccno2)c(F)c1. The molecule has 2 rings (SSSR count). The molecule has 3 nitrogen and oxygen atoms in total. The highest BCUT2D eigenvalue weighted by Crippen LogP contribution is 2.26. The molecule has 1 aromatic heterocycles. The monoisotopic (exact) mass is 224 g/mol. The molecule has 0 aliphatic rings. The molecule has 2 aromatic rings. The molecule has 0 aliphatic heterocycles. The summed E-state index contributed by atoms with van der Waals surface area (Å²) in [5.74, 6) is 0.969. The number of nitrogens with two attached hydrogens (primary N) is 1. The van der Waals surface area contributed by atoms with Gasteiger partial charge in [0.1, 0.15) is 11.6 Å². The number of aromatic nitrogens is 1. The molecular formula is C10H9FN2OS. The third kappa shape index (κ3) is 2.50. The largest absolute Gasteiger partial charge is 0.399 e. The van der Waals surface area contributed by atoms with Crippen molar-refractivity contribution in [2.45, 2.75) is 10.6 Å². The maximum atomic E-state index is 13.3. The van der Waals surface area contributed by atoms with E-state index < -0.39 is 0 Å². The van der Waals surface area contributed by atoms with E-state index in [1.54, 1.807) is 24.4 Å². The Bertz CT molecular complexity index is 445. The number of halogens is 1. The first-order chi connectivity index (χ1) is 7.25. The number of nitrogens with zero attached hydrogens (tertiary/aromatic N) is 1. The molecule has 78 valence electrons. The van der Waals surface area contributed by atoms with E-state index in [9.17, 15) is 4.39 Å². The number of thioether (sulfide) groups is 1. The molecule has 0 amide bonds. The van der Waals surface area contributed by atoms with Gasteiger partial charge in [0, 0.05) is 16.6 Å². The minimum absolute atomic E-state index is 0.306. The Hall–Kier alpha value is -1.49. The Kier molecular flexibility index (Phi) is 2.91. The molecule has 0 atom stereocenters. The lowest BCUT2D eigenvalue weighted by Crippen LogP contribution is -1.88. The van der Waals surface area contributed by atoms with E-state index in [1.807, 2.05) is 0 Å². The molecule has 0 bridgehead atoms. The van der Waals surface area contributed by atoms with Crippen LogP contribution in [0.1, 0.15) is 5.76 Å². The predicted molar refractivity (Wildman–Crippen MR) is 56.9 cm³/mol. The normalized spacial score (nSPS) is 10.5. The number of rotatable bonds is 3. The molecule has 0 aliphatic carbocycles. The number of nitrogen functional groups attached to an aromatic ring is 1. The first kappa shape index (κ1) is 10.0. The summed E-state index contributed by atoms with van der Waals surface area (Å²) in [7, 11) is 0. The van der Waals surface area contributed by atoms with Crippen LogP contribution in [0, 0.1) is 5.82 Å². The van der Waals surface area contributed by atoms with E-state index in [-0.39, 0.29) is 5.82 Å². The zero-order valence-corrected chi connectivity index (χ0v) is 8.63. The number of hydrogen-bond donors (Lipinski definition) is 1. The number of hydrogen-bond acceptors (Lipinski definition) is 4. The maximum absolute atomic E-state index is 13.3. The Morgan fingerprint density at radius 3 is 2.93 bits per heavy atom. The summed E-state index contributed by atoms with van der Waals surface area (Å²) in [6, 6.07) is 6.39. The third-order valence-corrected chi connectivity index (χ3v) is 2.89. The molecule has 0 saturated heterocycles. The first-order valence-electron chi connectivity index (χ1n) is 4.33. The zero-order valence-electron chi connectivity index (χ0n) is 7.81. The van der Waals surface area contributed by atoms with Crippen molar-refractivity contribution in [2.24, 2.45) is 0 Å². The Morgan fingerprint density at radius 1 is 1.40 bits per heavy atom. The van der Waals surface area contributed by atoms with E-state index in [1.165, 1.54) is 17.8 Å². The van der Waals surface area contributed by atoms with Crippen molar-refractivity contribution in [3.05, 3.63) is 42.0 Å². The highest BCUT2D eigenvalue weighted by atomic mass is 32.2. The van der Waals surface area contributed by atoms with Gasteiger partial charge in [0.25, 0.3) is 0 Å². The van der Waals surface area contributed by atoms with Gasteiger partial charge in [0.05, 0.1) is 11.9 Å². The summed E-state index contributed by atoms with van der Waals surface area (Å²) in [4.78, 5) is 0.556. The number of benzene rings is 1. The molecule has 15 heavy (non-hydrogen) atoms. The van der Waals surface area contributed by atoms with Gasteiger partial charge in [-0.3, -0.25) is 0 Å². The average Bonchev–Trinajstić information content (AvgIpc) is 2.69. The van der Waals surface area contributed by atoms with Crippen LogP contribution < -0.4 is 5.73 Å². The van der Waals surface area contributed by atoms with Gasteiger partial charge in [-0.15, -0.1) is 11.8 Å². The topological polar surface area (TPSA) is 52.0 Å². The van der Waals surface area contributed by atoms with E-state index in [2.05, 4.69) is 5.16 Å². The smallest absolute Gasteiger partial charge is 0.146 e. The van der Waals surface area contributed by atoms with E-state index >= 15 is 0 Å². The Labute approximate surface area is 90.4 Å². The molecule has 0 saturated carbocycles. The third-order valence-electron chi connectivity index (χ3n) is 1.82. The second-order valence-electron chi connectivity index (χ2n) is 2.96. The van der Waals surface area contributed by atoms with Crippen molar-refractivity contribution >= 4 is 17.4 Å². The number of anilines is 1. The highest BCUT2D eigenvalue weighted by molar-refractivity contribution is 7.98. The maximum Gasteiger partial charge on any atom is 0.146 e. The summed E-state index contributed by atoms with van der Waals surface area (Å²) in [6.45, 7) is 0. The molecule has 0 spiro atoms. The lowest BCUT2D eigenvalue weighted by atomic mass is 10.3. The van der Waals surface area contributed by atoms with Gasteiger partial charge in [0.2, 0.25) is 0 Å². The summed E-state index contributed by atoms with van der Waals surface area (Å²) in [6.07, 6.45) is 1.56. The van der Waals surface area contributed by atoms with Crippen molar-refractivity contribution in [3.8, 4) is 0 Å². The molecule has 2 N–H and O–H groups in total. The van der Waals surface area contributed by atoms with E-state index in [0.717, 1.165) is 5.76 Å². The molecule has 0 fully saturated rings. The second-order valence-corrected chi connectivity index (χ2v) is 3.97. The molecular weight excluding hydrogens is 215 g/mol. The van der Waals surface area contributed by atoms with Gasteiger partial charge in [0.15, 0.2) is 0 Å². The van der Waals surface area contributed by atoms with Gasteiger partial charge >= 0.3 is 0 Å². The Balaban J connectivity index is 2.05. The van der Waals surface area contributed by atoms with Crippen molar-refractivity contribution < 1.29 is 8.91 Å².